The summed E-state index contributed by atoms with van der Waals surface area (Å²) in [6.07, 6.45) is 2.01. The monoisotopic (exact) mass is 552 g/mol. The van der Waals surface area contributed by atoms with E-state index >= 15 is 0 Å². The summed E-state index contributed by atoms with van der Waals surface area (Å²) in [4.78, 5) is 13.8. The molecule has 2 heterocycles. The number of pyridine rings is 1. The number of hydrogen-bond acceptors (Lipinski definition) is 5. The van der Waals surface area contributed by atoms with Gasteiger partial charge in [0.05, 0.1) is 6.10 Å². The number of benzene rings is 1. The standard InChI is InChI=1S/C24H36N6O.HI/c1-18(2)31-22-15-19(3)8-9-20(22)16-27-24(25-4)28-17-21-7-6-10-26-23(21)30-13-11-29(5)12-14-30;/h6-10,15,18H,11-14,16-17H2,1-5H3,(H2,25,27,28);1H. The van der Waals surface area contributed by atoms with Gasteiger partial charge in [0.2, 0.25) is 0 Å². The highest BCUT2D eigenvalue weighted by atomic mass is 127. The van der Waals surface area contributed by atoms with E-state index in [1.165, 1.54) is 11.1 Å². The zero-order valence-electron chi connectivity index (χ0n) is 19.9. The van der Waals surface area contributed by atoms with E-state index in [9.17, 15) is 0 Å². The zero-order chi connectivity index (χ0) is 22.2. The lowest BCUT2D eigenvalue weighted by Crippen LogP contribution is -2.45. The second-order valence-corrected chi connectivity index (χ2v) is 8.33. The van der Waals surface area contributed by atoms with Crippen molar-refractivity contribution in [2.24, 2.45) is 4.99 Å². The number of aryl methyl sites for hydroxylation is 1. The Kier molecular flexibility index (Phi) is 10.5. The third-order valence-electron chi connectivity index (χ3n) is 5.37. The van der Waals surface area contributed by atoms with Crippen molar-refractivity contribution in [2.75, 3.05) is 45.2 Å². The van der Waals surface area contributed by atoms with Crippen molar-refractivity contribution >= 4 is 35.8 Å². The lowest BCUT2D eigenvalue weighted by Gasteiger charge is -2.34. The second-order valence-electron chi connectivity index (χ2n) is 8.33. The molecule has 1 aliphatic heterocycles. The van der Waals surface area contributed by atoms with Crippen molar-refractivity contribution in [1.29, 1.82) is 0 Å². The highest BCUT2D eigenvalue weighted by Gasteiger charge is 2.18. The molecule has 0 saturated carbocycles. The number of piperazine rings is 1. The van der Waals surface area contributed by atoms with Gasteiger partial charge in [-0.15, -0.1) is 24.0 Å². The minimum Gasteiger partial charge on any atom is -0.491 e. The van der Waals surface area contributed by atoms with Crippen LogP contribution >= 0.6 is 24.0 Å². The Hall–Kier alpha value is -2.07. The summed E-state index contributed by atoms with van der Waals surface area (Å²) in [5, 5.41) is 6.85. The normalized spacial score (nSPS) is 14.8. The Morgan fingerprint density at radius 2 is 1.78 bits per heavy atom. The summed E-state index contributed by atoms with van der Waals surface area (Å²) in [6, 6.07) is 10.4. The lowest BCUT2D eigenvalue weighted by atomic mass is 10.1. The van der Waals surface area contributed by atoms with Gasteiger partial charge < -0.3 is 25.2 Å². The number of guanidine groups is 1. The van der Waals surface area contributed by atoms with Gasteiger partial charge in [0.15, 0.2) is 5.96 Å². The van der Waals surface area contributed by atoms with Crippen LogP contribution in [0.25, 0.3) is 0 Å². The van der Waals surface area contributed by atoms with Gasteiger partial charge in [-0.25, -0.2) is 4.98 Å². The van der Waals surface area contributed by atoms with E-state index in [0.29, 0.717) is 13.1 Å². The topological polar surface area (TPSA) is 65.0 Å². The molecule has 3 rings (SSSR count). The molecule has 2 aromatic rings. The largest absolute Gasteiger partial charge is 0.491 e. The Labute approximate surface area is 209 Å². The van der Waals surface area contributed by atoms with Crippen molar-refractivity contribution in [2.45, 2.75) is 40.0 Å². The Balaban J connectivity index is 0.00000363. The quantitative estimate of drug-likeness (QED) is 0.312. The van der Waals surface area contributed by atoms with E-state index in [0.717, 1.165) is 49.3 Å². The van der Waals surface area contributed by atoms with Crippen molar-refractivity contribution in [3.63, 3.8) is 0 Å². The minimum atomic E-state index is 0. The van der Waals surface area contributed by atoms with E-state index in [-0.39, 0.29) is 30.1 Å². The van der Waals surface area contributed by atoms with Gasteiger partial charge in [-0.3, -0.25) is 4.99 Å². The number of hydrogen-bond donors (Lipinski definition) is 2. The number of ether oxygens (including phenoxy) is 1. The lowest BCUT2D eigenvalue weighted by molar-refractivity contribution is 0.239. The molecule has 0 bridgehead atoms. The molecule has 1 aromatic carbocycles. The van der Waals surface area contributed by atoms with E-state index in [2.05, 4.69) is 68.6 Å². The fourth-order valence-corrected chi connectivity index (χ4v) is 3.62. The summed E-state index contributed by atoms with van der Waals surface area (Å²) in [5.41, 5.74) is 3.48. The van der Waals surface area contributed by atoms with Gasteiger partial charge in [0.25, 0.3) is 0 Å². The summed E-state index contributed by atoms with van der Waals surface area (Å²) in [5.74, 6) is 2.73. The number of rotatable bonds is 7. The predicted octanol–water partition coefficient (Wildman–Crippen LogP) is 3.41. The van der Waals surface area contributed by atoms with Gasteiger partial charge in [-0.05, 0) is 45.5 Å². The molecule has 0 spiro atoms. The van der Waals surface area contributed by atoms with Crippen LogP contribution in [0.3, 0.4) is 0 Å². The van der Waals surface area contributed by atoms with Gasteiger partial charge in [0, 0.05) is 63.6 Å². The van der Waals surface area contributed by atoms with Crippen molar-refractivity contribution in [3.8, 4) is 5.75 Å². The first-order valence-corrected chi connectivity index (χ1v) is 11.0. The number of halogens is 1. The molecule has 0 radical (unpaired) electrons. The van der Waals surface area contributed by atoms with Crippen LogP contribution < -0.4 is 20.3 Å². The fraction of sp³-hybridized carbons (Fsp3) is 0.500. The van der Waals surface area contributed by atoms with Crippen LogP contribution in [0.2, 0.25) is 0 Å². The van der Waals surface area contributed by atoms with Crippen LogP contribution in [0.5, 0.6) is 5.75 Å². The van der Waals surface area contributed by atoms with E-state index in [1.54, 1.807) is 7.05 Å². The van der Waals surface area contributed by atoms with Crippen LogP contribution in [0.4, 0.5) is 5.82 Å². The van der Waals surface area contributed by atoms with E-state index in [4.69, 9.17) is 4.74 Å². The Morgan fingerprint density at radius 1 is 1.09 bits per heavy atom. The molecule has 7 nitrogen and oxygen atoms in total. The molecule has 2 N–H and O–H groups in total. The number of nitrogens with one attached hydrogen (secondary N) is 2. The molecule has 0 atom stereocenters. The molecule has 32 heavy (non-hydrogen) atoms. The van der Waals surface area contributed by atoms with Crippen LogP contribution in [-0.2, 0) is 13.1 Å². The molecule has 1 aromatic heterocycles. The van der Waals surface area contributed by atoms with Gasteiger partial charge in [-0.1, -0.05) is 18.2 Å². The van der Waals surface area contributed by atoms with Crippen LogP contribution in [-0.4, -0.2) is 62.2 Å². The third kappa shape index (κ3) is 7.51. The molecule has 0 unspecified atom stereocenters. The maximum atomic E-state index is 5.99. The van der Waals surface area contributed by atoms with E-state index < -0.39 is 0 Å². The maximum Gasteiger partial charge on any atom is 0.191 e. The van der Waals surface area contributed by atoms with Crippen LogP contribution in [0.15, 0.2) is 41.5 Å². The number of aliphatic imine (C=N–C) groups is 1. The van der Waals surface area contributed by atoms with Crippen molar-refractivity contribution < 1.29 is 4.74 Å². The number of aromatic nitrogens is 1. The first kappa shape index (κ1) is 26.2. The Morgan fingerprint density at radius 3 is 2.44 bits per heavy atom. The summed E-state index contributed by atoms with van der Waals surface area (Å²) in [7, 11) is 3.96. The zero-order valence-corrected chi connectivity index (χ0v) is 22.2. The summed E-state index contributed by atoms with van der Waals surface area (Å²) < 4.78 is 5.99. The summed E-state index contributed by atoms with van der Waals surface area (Å²) >= 11 is 0. The number of nitrogens with zero attached hydrogens (tertiary/aromatic N) is 4. The molecule has 1 fully saturated rings. The highest BCUT2D eigenvalue weighted by molar-refractivity contribution is 14.0. The van der Waals surface area contributed by atoms with Crippen molar-refractivity contribution in [1.82, 2.24) is 20.5 Å². The smallest absolute Gasteiger partial charge is 0.191 e. The molecule has 176 valence electrons. The van der Waals surface area contributed by atoms with Gasteiger partial charge in [-0.2, -0.15) is 0 Å². The van der Waals surface area contributed by atoms with Crippen LogP contribution in [0.1, 0.15) is 30.5 Å². The van der Waals surface area contributed by atoms with E-state index in [1.807, 2.05) is 26.1 Å². The third-order valence-corrected chi connectivity index (χ3v) is 5.37. The molecule has 8 heteroatoms. The first-order valence-electron chi connectivity index (χ1n) is 11.0. The molecule has 1 saturated heterocycles. The number of anilines is 1. The molecule has 0 aliphatic carbocycles. The molecular formula is C24H37IN6O. The van der Waals surface area contributed by atoms with Gasteiger partial charge >= 0.3 is 0 Å². The first-order chi connectivity index (χ1) is 15.0. The predicted molar refractivity (Wildman–Crippen MR) is 143 cm³/mol. The van der Waals surface area contributed by atoms with Crippen LogP contribution in [0, 0.1) is 6.92 Å². The Bertz CT molecular complexity index is 881. The average molecular weight is 553 g/mol. The highest BCUT2D eigenvalue weighted by Crippen LogP contribution is 2.22. The summed E-state index contributed by atoms with van der Waals surface area (Å²) in [6.45, 7) is 11.6. The molecule has 1 aliphatic rings. The number of likely N-dealkylation sites (N-methyl/N-ethyl adjacent to an activating group) is 1. The fourth-order valence-electron chi connectivity index (χ4n) is 3.62. The van der Waals surface area contributed by atoms with Gasteiger partial charge in [0.1, 0.15) is 11.6 Å². The SMILES string of the molecule is CN=C(NCc1ccc(C)cc1OC(C)C)NCc1cccnc1N1CCN(C)CC1.I. The minimum absolute atomic E-state index is 0. The molecular weight excluding hydrogens is 515 g/mol. The maximum absolute atomic E-state index is 5.99. The van der Waals surface area contributed by atoms with Crippen molar-refractivity contribution in [3.05, 3.63) is 53.2 Å². The second kappa shape index (κ2) is 12.8. The molecule has 0 amide bonds. The average Bonchev–Trinajstić information content (AvgIpc) is 2.75.